The molecule has 0 bridgehead atoms. The van der Waals surface area contributed by atoms with E-state index in [-0.39, 0.29) is 5.28 Å². The predicted octanol–water partition coefficient (Wildman–Crippen LogP) is 1.47. The lowest BCUT2D eigenvalue weighted by Crippen LogP contribution is -2.07. The van der Waals surface area contributed by atoms with Crippen molar-refractivity contribution in [3.63, 3.8) is 0 Å². The first-order chi connectivity index (χ1) is 8.22. The SMILES string of the molecule is COCCCNc1nc(Cl)nc2c1ncn2C. The zero-order valence-electron chi connectivity index (χ0n) is 9.77. The average molecular weight is 256 g/mol. The Balaban J connectivity index is 2.20. The van der Waals surface area contributed by atoms with Crippen molar-refractivity contribution in [3.8, 4) is 0 Å². The molecule has 0 amide bonds. The molecule has 0 saturated heterocycles. The summed E-state index contributed by atoms with van der Waals surface area (Å²) in [5.74, 6) is 0.664. The van der Waals surface area contributed by atoms with Gasteiger partial charge in [-0.15, -0.1) is 0 Å². The fourth-order valence-corrected chi connectivity index (χ4v) is 1.69. The van der Waals surface area contributed by atoms with Crippen molar-refractivity contribution in [2.75, 3.05) is 25.6 Å². The lowest BCUT2D eigenvalue weighted by Gasteiger charge is -2.06. The van der Waals surface area contributed by atoms with E-state index in [0.717, 1.165) is 24.1 Å². The van der Waals surface area contributed by atoms with Gasteiger partial charge in [-0.05, 0) is 18.0 Å². The molecular formula is C10H14ClN5O. The van der Waals surface area contributed by atoms with Crippen molar-refractivity contribution in [3.05, 3.63) is 11.6 Å². The van der Waals surface area contributed by atoms with Crippen molar-refractivity contribution in [1.82, 2.24) is 19.5 Å². The number of methoxy groups -OCH3 is 1. The molecule has 92 valence electrons. The number of aryl methyl sites for hydroxylation is 1. The van der Waals surface area contributed by atoms with Gasteiger partial charge in [0.2, 0.25) is 5.28 Å². The molecule has 17 heavy (non-hydrogen) atoms. The molecule has 0 aliphatic heterocycles. The van der Waals surface area contributed by atoms with E-state index in [2.05, 4.69) is 20.3 Å². The van der Waals surface area contributed by atoms with Crippen molar-refractivity contribution >= 4 is 28.6 Å². The molecule has 0 fully saturated rings. The molecule has 0 spiro atoms. The van der Waals surface area contributed by atoms with Crippen LogP contribution in [-0.2, 0) is 11.8 Å². The number of fused-ring (bicyclic) bond motifs is 1. The van der Waals surface area contributed by atoms with Crippen LogP contribution in [0.3, 0.4) is 0 Å². The summed E-state index contributed by atoms with van der Waals surface area (Å²) in [6.45, 7) is 1.46. The Hall–Kier alpha value is -1.40. The molecule has 0 unspecified atom stereocenters. The minimum Gasteiger partial charge on any atom is -0.385 e. The molecule has 0 saturated carbocycles. The van der Waals surface area contributed by atoms with Crippen LogP contribution in [0.2, 0.25) is 5.28 Å². The zero-order valence-corrected chi connectivity index (χ0v) is 10.5. The minimum atomic E-state index is 0.218. The summed E-state index contributed by atoms with van der Waals surface area (Å²) >= 11 is 5.86. The molecule has 7 heteroatoms. The van der Waals surface area contributed by atoms with Crippen LogP contribution in [0, 0.1) is 0 Å². The summed E-state index contributed by atoms with van der Waals surface area (Å²) in [5, 5.41) is 3.40. The number of ether oxygens (including phenoxy) is 1. The summed E-state index contributed by atoms with van der Waals surface area (Å²) < 4.78 is 6.79. The van der Waals surface area contributed by atoms with E-state index < -0.39 is 0 Å². The van der Waals surface area contributed by atoms with Crippen LogP contribution in [-0.4, -0.2) is 39.8 Å². The van der Waals surface area contributed by atoms with Gasteiger partial charge in [-0.1, -0.05) is 0 Å². The maximum absolute atomic E-state index is 5.86. The molecule has 0 aromatic carbocycles. The Bertz CT molecular complexity index is 513. The fraction of sp³-hybridized carbons (Fsp3) is 0.500. The van der Waals surface area contributed by atoms with Gasteiger partial charge >= 0.3 is 0 Å². The van der Waals surface area contributed by atoms with Crippen LogP contribution in [0.15, 0.2) is 6.33 Å². The molecule has 2 aromatic heterocycles. The van der Waals surface area contributed by atoms with E-state index in [0.29, 0.717) is 12.4 Å². The number of nitrogens with zero attached hydrogens (tertiary/aromatic N) is 4. The van der Waals surface area contributed by atoms with Crippen LogP contribution < -0.4 is 5.32 Å². The normalized spacial score (nSPS) is 11.0. The Morgan fingerprint density at radius 3 is 3.06 bits per heavy atom. The van der Waals surface area contributed by atoms with E-state index >= 15 is 0 Å². The van der Waals surface area contributed by atoms with Crippen molar-refractivity contribution in [2.24, 2.45) is 7.05 Å². The number of nitrogens with one attached hydrogen (secondary N) is 1. The molecule has 0 atom stereocenters. The van der Waals surface area contributed by atoms with Crippen LogP contribution in [0.4, 0.5) is 5.82 Å². The number of halogens is 1. The van der Waals surface area contributed by atoms with E-state index in [1.807, 2.05) is 11.6 Å². The molecule has 0 radical (unpaired) electrons. The topological polar surface area (TPSA) is 64.9 Å². The largest absolute Gasteiger partial charge is 0.385 e. The second kappa shape index (κ2) is 5.29. The van der Waals surface area contributed by atoms with Gasteiger partial charge in [0.15, 0.2) is 17.0 Å². The van der Waals surface area contributed by atoms with Crippen molar-refractivity contribution < 1.29 is 4.74 Å². The van der Waals surface area contributed by atoms with Crippen molar-refractivity contribution in [1.29, 1.82) is 0 Å². The summed E-state index contributed by atoms with van der Waals surface area (Å²) in [6.07, 6.45) is 2.59. The lowest BCUT2D eigenvalue weighted by atomic mass is 10.4. The van der Waals surface area contributed by atoms with Gasteiger partial charge in [-0.3, -0.25) is 0 Å². The molecule has 0 aliphatic carbocycles. The van der Waals surface area contributed by atoms with Gasteiger partial charge in [0, 0.05) is 27.3 Å². The Kier molecular flexibility index (Phi) is 3.75. The molecular weight excluding hydrogens is 242 g/mol. The number of anilines is 1. The molecule has 2 heterocycles. The highest BCUT2D eigenvalue weighted by Crippen LogP contribution is 2.19. The minimum absolute atomic E-state index is 0.218. The number of hydrogen-bond acceptors (Lipinski definition) is 5. The number of imidazole rings is 1. The van der Waals surface area contributed by atoms with Crippen molar-refractivity contribution in [2.45, 2.75) is 6.42 Å². The van der Waals surface area contributed by atoms with E-state index in [1.54, 1.807) is 13.4 Å². The highest BCUT2D eigenvalue weighted by Gasteiger charge is 2.10. The lowest BCUT2D eigenvalue weighted by molar-refractivity contribution is 0.198. The van der Waals surface area contributed by atoms with Gasteiger partial charge in [-0.25, -0.2) is 4.98 Å². The standard InChI is InChI=1S/C10H14ClN5O/c1-16-6-13-7-8(12-4-3-5-17-2)14-10(11)15-9(7)16/h6H,3-5H2,1-2H3,(H,12,14,15). The highest BCUT2D eigenvalue weighted by atomic mass is 35.5. The first-order valence-electron chi connectivity index (χ1n) is 5.29. The summed E-state index contributed by atoms with van der Waals surface area (Å²) in [5.41, 5.74) is 1.45. The number of hydrogen-bond donors (Lipinski definition) is 1. The van der Waals surface area contributed by atoms with Crippen LogP contribution in [0.5, 0.6) is 0 Å². The second-order valence-electron chi connectivity index (χ2n) is 3.64. The molecule has 1 N–H and O–H groups in total. The van der Waals surface area contributed by atoms with E-state index in [4.69, 9.17) is 16.3 Å². The van der Waals surface area contributed by atoms with Crippen LogP contribution in [0.1, 0.15) is 6.42 Å². The van der Waals surface area contributed by atoms with Crippen LogP contribution >= 0.6 is 11.6 Å². The Labute approximate surface area is 104 Å². The first kappa shape index (κ1) is 12.1. The highest BCUT2D eigenvalue weighted by molar-refractivity contribution is 6.28. The number of aromatic nitrogens is 4. The van der Waals surface area contributed by atoms with Gasteiger partial charge in [0.05, 0.1) is 6.33 Å². The average Bonchev–Trinajstić information content (AvgIpc) is 2.67. The maximum atomic E-state index is 5.86. The van der Waals surface area contributed by atoms with Gasteiger partial charge in [0.25, 0.3) is 0 Å². The molecule has 2 aromatic rings. The molecule has 0 aliphatic rings. The predicted molar refractivity (Wildman–Crippen MR) is 66.3 cm³/mol. The Morgan fingerprint density at radius 2 is 2.29 bits per heavy atom. The summed E-state index contributed by atoms with van der Waals surface area (Å²) in [7, 11) is 3.55. The first-order valence-corrected chi connectivity index (χ1v) is 5.67. The summed E-state index contributed by atoms with van der Waals surface area (Å²) in [4.78, 5) is 12.5. The number of rotatable bonds is 5. The summed E-state index contributed by atoms with van der Waals surface area (Å²) in [6, 6.07) is 0. The monoisotopic (exact) mass is 255 g/mol. The maximum Gasteiger partial charge on any atom is 0.226 e. The third-order valence-electron chi connectivity index (χ3n) is 2.35. The smallest absolute Gasteiger partial charge is 0.226 e. The van der Waals surface area contributed by atoms with Gasteiger partial charge in [0.1, 0.15) is 0 Å². The zero-order chi connectivity index (χ0) is 12.3. The van der Waals surface area contributed by atoms with E-state index in [9.17, 15) is 0 Å². The van der Waals surface area contributed by atoms with E-state index in [1.165, 1.54) is 0 Å². The Morgan fingerprint density at radius 1 is 1.47 bits per heavy atom. The third-order valence-corrected chi connectivity index (χ3v) is 2.52. The second-order valence-corrected chi connectivity index (χ2v) is 3.98. The molecule has 6 nitrogen and oxygen atoms in total. The molecule has 2 rings (SSSR count). The van der Waals surface area contributed by atoms with Crippen LogP contribution in [0.25, 0.3) is 11.2 Å². The van der Waals surface area contributed by atoms with Gasteiger partial charge in [-0.2, -0.15) is 9.97 Å². The fourth-order valence-electron chi connectivity index (χ4n) is 1.53. The quantitative estimate of drug-likeness (QED) is 0.647. The van der Waals surface area contributed by atoms with Gasteiger partial charge < -0.3 is 14.6 Å². The third kappa shape index (κ3) is 2.65.